The van der Waals surface area contributed by atoms with Gasteiger partial charge in [0.2, 0.25) is 0 Å². The molecule has 0 saturated heterocycles. The van der Waals surface area contributed by atoms with Crippen LogP contribution < -0.4 is 5.56 Å². The summed E-state index contributed by atoms with van der Waals surface area (Å²) >= 11 is 14.0. The van der Waals surface area contributed by atoms with E-state index in [0.29, 0.717) is 27.5 Å². The number of hydrogen-bond acceptors (Lipinski definition) is 3. The molecule has 0 atom stereocenters. The first-order chi connectivity index (χ1) is 15.9. The fourth-order valence-corrected chi connectivity index (χ4v) is 6.90. The van der Waals surface area contributed by atoms with Gasteiger partial charge in [0.1, 0.15) is 0 Å². The molecule has 170 valence electrons. The van der Waals surface area contributed by atoms with Crippen molar-refractivity contribution in [3.8, 4) is 11.3 Å². The SMILES string of the molecule is C=C(C)Cn1c(SCc2ccc(Cl)cc2Cl)nc2c(c1=O)C1(CCCC1)Cc1ccccc1-2. The molecule has 1 heterocycles. The van der Waals surface area contributed by atoms with Crippen molar-refractivity contribution in [3.05, 3.63) is 91.7 Å². The van der Waals surface area contributed by atoms with Crippen molar-refractivity contribution in [3.63, 3.8) is 0 Å². The van der Waals surface area contributed by atoms with E-state index in [0.717, 1.165) is 60.1 Å². The van der Waals surface area contributed by atoms with Crippen molar-refractivity contribution in [1.82, 2.24) is 9.55 Å². The molecule has 6 heteroatoms. The third-order valence-corrected chi connectivity index (χ3v) is 8.44. The average molecular weight is 497 g/mol. The molecule has 1 spiro atoms. The Bertz CT molecular complexity index is 1310. The maximum Gasteiger partial charge on any atom is 0.258 e. The van der Waals surface area contributed by atoms with Crippen LogP contribution in [0.1, 0.15) is 49.3 Å². The zero-order chi connectivity index (χ0) is 23.2. The summed E-state index contributed by atoms with van der Waals surface area (Å²) in [6.45, 7) is 6.50. The summed E-state index contributed by atoms with van der Waals surface area (Å²) in [5, 5.41) is 1.94. The Morgan fingerprint density at radius 3 is 2.67 bits per heavy atom. The second kappa shape index (κ2) is 8.98. The zero-order valence-electron chi connectivity index (χ0n) is 18.7. The molecule has 1 fully saturated rings. The van der Waals surface area contributed by atoms with Gasteiger partial charge in [0.05, 0.1) is 11.3 Å². The maximum atomic E-state index is 14.1. The number of fused-ring (bicyclic) bond motifs is 4. The molecule has 5 rings (SSSR count). The van der Waals surface area contributed by atoms with Gasteiger partial charge in [-0.3, -0.25) is 9.36 Å². The molecule has 0 aliphatic heterocycles. The van der Waals surface area contributed by atoms with Crippen molar-refractivity contribution < 1.29 is 0 Å². The molecular weight excluding hydrogens is 471 g/mol. The summed E-state index contributed by atoms with van der Waals surface area (Å²) in [6.07, 6.45) is 5.34. The van der Waals surface area contributed by atoms with Crippen LogP contribution in [0.15, 0.2) is 64.6 Å². The number of nitrogens with zero attached hydrogens (tertiary/aromatic N) is 2. The van der Waals surface area contributed by atoms with Crippen molar-refractivity contribution in [2.75, 3.05) is 0 Å². The Labute approximate surface area is 208 Å². The van der Waals surface area contributed by atoms with Gasteiger partial charge in [-0.2, -0.15) is 0 Å². The quantitative estimate of drug-likeness (QED) is 0.209. The number of aromatic nitrogens is 2. The van der Waals surface area contributed by atoms with Crippen LogP contribution in [0, 0.1) is 0 Å². The maximum absolute atomic E-state index is 14.1. The second-order valence-electron chi connectivity index (χ2n) is 9.31. The lowest BCUT2D eigenvalue weighted by molar-refractivity contribution is 0.417. The topological polar surface area (TPSA) is 34.9 Å². The lowest BCUT2D eigenvalue weighted by Gasteiger charge is -2.36. The predicted octanol–water partition coefficient (Wildman–Crippen LogP) is 7.45. The molecule has 0 amide bonds. The van der Waals surface area contributed by atoms with E-state index in [2.05, 4.69) is 24.8 Å². The van der Waals surface area contributed by atoms with E-state index in [1.807, 2.05) is 29.7 Å². The average Bonchev–Trinajstić information content (AvgIpc) is 3.23. The van der Waals surface area contributed by atoms with Crippen LogP contribution in [0.2, 0.25) is 10.0 Å². The molecule has 0 unspecified atom stereocenters. The molecule has 2 aromatic carbocycles. The molecule has 0 N–H and O–H groups in total. The molecule has 1 aromatic heterocycles. The smallest absolute Gasteiger partial charge is 0.258 e. The largest absolute Gasteiger partial charge is 0.283 e. The van der Waals surface area contributed by atoms with Crippen LogP contribution in [0.3, 0.4) is 0 Å². The number of thioether (sulfide) groups is 1. The van der Waals surface area contributed by atoms with E-state index in [-0.39, 0.29) is 11.0 Å². The van der Waals surface area contributed by atoms with Crippen LogP contribution in [0.25, 0.3) is 11.3 Å². The van der Waals surface area contributed by atoms with Gasteiger partial charge in [-0.25, -0.2) is 4.98 Å². The molecule has 3 aromatic rings. The van der Waals surface area contributed by atoms with Crippen molar-refractivity contribution in [2.45, 2.75) is 61.9 Å². The highest BCUT2D eigenvalue weighted by Gasteiger charge is 2.44. The minimum atomic E-state index is -0.104. The van der Waals surface area contributed by atoms with Crippen molar-refractivity contribution in [1.29, 1.82) is 0 Å². The van der Waals surface area contributed by atoms with Crippen LogP contribution in [0.5, 0.6) is 0 Å². The van der Waals surface area contributed by atoms with E-state index in [4.69, 9.17) is 28.2 Å². The standard InChI is InChI=1S/C27H26Cl2N2OS/c1-17(2)15-31-25(32)23-24(30-26(31)33-16-19-9-10-20(28)13-22(19)29)21-8-4-3-7-18(21)14-27(23)11-5-6-12-27/h3-4,7-10,13H,1,5-6,11-12,14-16H2,2H3. The first kappa shape index (κ1) is 22.8. The fraction of sp³-hybridized carbons (Fsp3) is 0.333. The second-order valence-corrected chi connectivity index (χ2v) is 11.1. The fourth-order valence-electron chi connectivity index (χ4n) is 5.35. The van der Waals surface area contributed by atoms with E-state index in [1.165, 1.54) is 17.3 Å². The van der Waals surface area contributed by atoms with E-state index in [1.54, 1.807) is 6.07 Å². The van der Waals surface area contributed by atoms with Crippen LogP contribution in [-0.2, 0) is 24.1 Å². The summed E-state index contributed by atoms with van der Waals surface area (Å²) in [7, 11) is 0. The molecular formula is C27H26Cl2N2OS. The molecule has 0 bridgehead atoms. The molecule has 2 aliphatic rings. The van der Waals surface area contributed by atoms with E-state index < -0.39 is 0 Å². The van der Waals surface area contributed by atoms with E-state index in [9.17, 15) is 4.79 Å². The van der Waals surface area contributed by atoms with Gasteiger partial charge in [-0.15, -0.1) is 0 Å². The van der Waals surface area contributed by atoms with Crippen molar-refractivity contribution >= 4 is 35.0 Å². The first-order valence-corrected chi connectivity index (χ1v) is 13.1. The Morgan fingerprint density at radius 1 is 1.18 bits per heavy atom. The number of allylic oxidation sites excluding steroid dienone is 1. The minimum Gasteiger partial charge on any atom is -0.283 e. The third kappa shape index (κ3) is 4.18. The molecule has 2 aliphatic carbocycles. The highest BCUT2D eigenvalue weighted by Crippen LogP contribution is 2.50. The molecule has 33 heavy (non-hydrogen) atoms. The lowest BCUT2D eigenvalue weighted by Crippen LogP contribution is -2.40. The normalized spacial score (nSPS) is 16.0. The van der Waals surface area contributed by atoms with Gasteiger partial charge >= 0.3 is 0 Å². The van der Waals surface area contributed by atoms with Crippen LogP contribution >= 0.6 is 35.0 Å². The van der Waals surface area contributed by atoms with Crippen LogP contribution in [-0.4, -0.2) is 9.55 Å². The first-order valence-electron chi connectivity index (χ1n) is 11.3. The molecule has 1 saturated carbocycles. The van der Waals surface area contributed by atoms with Gasteiger partial charge in [0.25, 0.3) is 5.56 Å². The Balaban J connectivity index is 1.66. The minimum absolute atomic E-state index is 0.0871. The Morgan fingerprint density at radius 2 is 1.94 bits per heavy atom. The highest BCUT2D eigenvalue weighted by molar-refractivity contribution is 7.98. The van der Waals surface area contributed by atoms with E-state index >= 15 is 0 Å². The molecule has 3 nitrogen and oxygen atoms in total. The van der Waals surface area contributed by atoms with Gasteiger partial charge in [-0.05, 0) is 49.4 Å². The van der Waals surface area contributed by atoms with Gasteiger partial charge in [0, 0.05) is 33.3 Å². The third-order valence-electron chi connectivity index (χ3n) is 6.83. The van der Waals surface area contributed by atoms with Crippen molar-refractivity contribution in [2.24, 2.45) is 0 Å². The summed E-state index contributed by atoms with van der Waals surface area (Å²) in [6, 6.07) is 13.9. The van der Waals surface area contributed by atoms with Gasteiger partial charge in [-0.1, -0.05) is 90.3 Å². The summed E-state index contributed by atoms with van der Waals surface area (Å²) in [4.78, 5) is 19.3. The number of rotatable bonds is 5. The number of benzene rings is 2. The zero-order valence-corrected chi connectivity index (χ0v) is 21.0. The number of halogens is 2. The Kier molecular flexibility index (Phi) is 6.19. The highest BCUT2D eigenvalue weighted by atomic mass is 35.5. The monoisotopic (exact) mass is 496 g/mol. The van der Waals surface area contributed by atoms with Crippen LogP contribution in [0.4, 0.5) is 0 Å². The van der Waals surface area contributed by atoms with Gasteiger partial charge in [0.15, 0.2) is 5.16 Å². The Hall–Kier alpha value is -2.01. The predicted molar refractivity (Wildman–Crippen MR) is 139 cm³/mol. The summed E-state index contributed by atoms with van der Waals surface area (Å²) in [5.41, 5.74) is 6.05. The number of hydrogen-bond donors (Lipinski definition) is 0. The summed E-state index contributed by atoms with van der Waals surface area (Å²) < 4.78 is 1.82. The molecule has 0 radical (unpaired) electrons. The van der Waals surface area contributed by atoms with Gasteiger partial charge < -0.3 is 0 Å². The lowest BCUT2D eigenvalue weighted by atomic mass is 9.68. The summed E-state index contributed by atoms with van der Waals surface area (Å²) in [5.74, 6) is 0.601.